The molecule has 0 radical (unpaired) electrons. The Morgan fingerprint density at radius 3 is 2.67 bits per heavy atom. The van der Waals surface area contributed by atoms with Crippen molar-refractivity contribution in [2.24, 2.45) is 0 Å². The summed E-state index contributed by atoms with van der Waals surface area (Å²) in [5.41, 5.74) is 1.60. The minimum Gasteiger partial charge on any atom is -0.496 e. The zero-order valence-electron chi connectivity index (χ0n) is 10.9. The number of carbonyl (C=O) groups is 1. The van der Waals surface area contributed by atoms with E-state index in [-0.39, 0.29) is 5.97 Å². The monoisotopic (exact) mass is 249 g/mol. The first-order chi connectivity index (χ1) is 8.76. The molecule has 0 spiro atoms. The molecule has 0 aromatic heterocycles. The number of carbonyl (C=O) groups excluding carboxylic acids is 1. The standard InChI is InChI=1S/C14H19NO3/c1-3-18-14(16)12-7-6-11(10-13(12)17-2)15-8-4-5-9-15/h6-7,10H,3-5,8-9H2,1-2H3. The second-order valence-corrected chi connectivity index (χ2v) is 4.30. The Hall–Kier alpha value is -1.71. The molecule has 1 aromatic rings. The molecule has 1 aliphatic rings. The average Bonchev–Trinajstić information content (AvgIpc) is 2.92. The topological polar surface area (TPSA) is 38.8 Å². The summed E-state index contributed by atoms with van der Waals surface area (Å²) in [7, 11) is 1.58. The lowest BCUT2D eigenvalue weighted by molar-refractivity contribution is 0.0523. The molecule has 98 valence electrons. The van der Waals surface area contributed by atoms with Gasteiger partial charge in [0.15, 0.2) is 0 Å². The second kappa shape index (κ2) is 5.76. The SMILES string of the molecule is CCOC(=O)c1ccc(N2CCCC2)cc1OC. The molecule has 4 nitrogen and oxygen atoms in total. The van der Waals surface area contributed by atoms with Crippen molar-refractivity contribution in [2.75, 3.05) is 31.7 Å². The molecule has 1 aliphatic heterocycles. The molecule has 1 aromatic carbocycles. The van der Waals surface area contributed by atoms with Crippen LogP contribution in [0.5, 0.6) is 5.75 Å². The maximum Gasteiger partial charge on any atom is 0.341 e. The van der Waals surface area contributed by atoms with Gasteiger partial charge in [-0.3, -0.25) is 0 Å². The summed E-state index contributed by atoms with van der Waals surface area (Å²) in [6.45, 7) is 4.31. The third-order valence-electron chi connectivity index (χ3n) is 3.15. The highest BCUT2D eigenvalue weighted by Gasteiger charge is 2.17. The van der Waals surface area contributed by atoms with Crippen LogP contribution in [0.2, 0.25) is 0 Å². The van der Waals surface area contributed by atoms with E-state index in [0.29, 0.717) is 17.9 Å². The molecule has 0 N–H and O–H groups in total. The lowest BCUT2D eigenvalue weighted by atomic mass is 10.1. The van der Waals surface area contributed by atoms with Crippen LogP contribution in [0.4, 0.5) is 5.69 Å². The minimum absolute atomic E-state index is 0.331. The van der Waals surface area contributed by atoms with E-state index < -0.39 is 0 Å². The van der Waals surface area contributed by atoms with Gasteiger partial charge in [0.05, 0.1) is 13.7 Å². The Morgan fingerprint density at radius 2 is 2.06 bits per heavy atom. The molecule has 1 saturated heterocycles. The van der Waals surface area contributed by atoms with Crippen LogP contribution < -0.4 is 9.64 Å². The van der Waals surface area contributed by atoms with Crippen molar-refractivity contribution >= 4 is 11.7 Å². The lowest BCUT2D eigenvalue weighted by Crippen LogP contribution is -2.18. The van der Waals surface area contributed by atoms with Crippen LogP contribution in [-0.4, -0.2) is 32.8 Å². The molecule has 4 heteroatoms. The maximum atomic E-state index is 11.7. The molecular weight excluding hydrogens is 230 g/mol. The van der Waals surface area contributed by atoms with Crippen molar-refractivity contribution in [2.45, 2.75) is 19.8 Å². The second-order valence-electron chi connectivity index (χ2n) is 4.30. The maximum absolute atomic E-state index is 11.7. The van der Waals surface area contributed by atoms with Crippen molar-refractivity contribution in [3.05, 3.63) is 23.8 Å². The third kappa shape index (κ3) is 2.58. The summed E-state index contributed by atoms with van der Waals surface area (Å²) < 4.78 is 10.3. The first-order valence-electron chi connectivity index (χ1n) is 6.36. The number of anilines is 1. The number of esters is 1. The smallest absolute Gasteiger partial charge is 0.341 e. The molecule has 0 aliphatic carbocycles. The van der Waals surface area contributed by atoms with Crippen LogP contribution in [0, 0.1) is 0 Å². The zero-order chi connectivity index (χ0) is 13.0. The molecule has 1 fully saturated rings. The van der Waals surface area contributed by atoms with Crippen LogP contribution >= 0.6 is 0 Å². The molecular formula is C14H19NO3. The summed E-state index contributed by atoms with van der Waals surface area (Å²) in [6, 6.07) is 5.65. The van der Waals surface area contributed by atoms with Crippen molar-refractivity contribution in [1.82, 2.24) is 0 Å². The van der Waals surface area contributed by atoms with Crippen LogP contribution in [0.25, 0.3) is 0 Å². The molecule has 0 atom stereocenters. The largest absolute Gasteiger partial charge is 0.496 e. The number of hydrogen-bond acceptors (Lipinski definition) is 4. The third-order valence-corrected chi connectivity index (χ3v) is 3.15. The van der Waals surface area contributed by atoms with E-state index in [9.17, 15) is 4.79 Å². The van der Waals surface area contributed by atoms with E-state index in [1.807, 2.05) is 12.1 Å². The number of ether oxygens (including phenoxy) is 2. The molecule has 0 saturated carbocycles. The van der Waals surface area contributed by atoms with Gasteiger partial charge in [0.25, 0.3) is 0 Å². The fraction of sp³-hybridized carbons (Fsp3) is 0.500. The Bertz CT molecular complexity index is 425. The Morgan fingerprint density at radius 1 is 1.33 bits per heavy atom. The van der Waals surface area contributed by atoms with Crippen molar-refractivity contribution in [1.29, 1.82) is 0 Å². The predicted molar refractivity (Wildman–Crippen MR) is 70.4 cm³/mol. The van der Waals surface area contributed by atoms with Gasteiger partial charge >= 0.3 is 5.97 Å². The fourth-order valence-corrected chi connectivity index (χ4v) is 2.23. The van der Waals surface area contributed by atoms with Crippen molar-refractivity contribution in [3.63, 3.8) is 0 Å². The normalized spacial score (nSPS) is 14.7. The fourth-order valence-electron chi connectivity index (χ4n) is 2.23. The number of benzene rings is 1. The summed E-state index contributed by atoms with van der Waals surface area (Å²) in [5, 5.41) is 0. The van der Waals surface area contributed by atoms with Gasteiger partial charge in [0.2, 0.25) is 0 Å². The molecule has 1 heterocycles. The van der Waals surface area contributed by atoms with Crippen molar-refractivity contribution < 1.29 is 14.3 Å². The highest BCUT2D eigenvalue weighted by atomic mass is 16.5. The van der Waals surface area contributed by atoms with Crippen LogP contribution in [0.15, 0.2) is 18.2 Å². The molecule has 0 amide bonds. The predicted octanol–water partition coefficient (Wildman–Crippen LogP) is 2.47. The Balaban J connectivity index is 2.24. The summed E-state index contributed by atoms with van der Waals surface area (Å²) in [4.78, 5) is 14.0. The van der Waals surface area contributed by atoms with E-state index in [0.717, 1.165) is 18.8 Å². The van der Waals surface area contributed by atoms with Crippen LogP contribution in [-0.2, 0) is 4.74 Å². The van der Waals surface area contributed by atoms with Gasteiger partial charge in [-0.05, 0) is 31.9 Å². The molecule has 0 unspecified atom stereocenters. The lowest BCUT2D eigenvalue weighted by Gasteiger charge is -2.19. The zero-order valence-corrected chi connectivity index (χ0v) is 10.9. The van der Waals surface area contributed by atoms with E-state index in [2.05, 4.69) is 4.90 Å². The summed E-state index contributed by atoms with van der Waals surface area (Å²) in [5.74, 6) is 0.250. The highest BCUT2D eigenvalue weighted by molar-refractivity contribution is 5.93. The van der Waals surface area contributed by atoms with Gasteiger partial charge < -0.3 is 14.4 Å². The number of hydrogen-bond donors (Lipinski definition) is 0. The molecule has 2 rings (SSSR count). The van der Waals surface area contributed by atoms with E-state index in [1.165, 1.54) is 12.8 Å². The van der Waals surface area contributed by atoms with Gasteiger partial charge in [-0.2, -0.15) is 0 Å². The first-order valence-corrected chi connectivity index (χ1v) is 6.36. The average molecular weight is 249 g/mol. The van der Waals surface area contributed by atoms with E-state index >= 15 is 0 Å². The van der Waals surface area contributed by atoms with E-state index in [4.69, 9.17) is 9.47 Å². The minimum atomic E-state index is -0.331. The number of methoxy groups -OCH3 is 1. The summed E-state index contributed by atoms with van der Waals surface area (Å²) >= 11 is 0. The first kappa shape index (κ1) is 12.7. The molecule has 0 bridgehead atoms. The van der Waals surface area contributed by atoms with Gasteiger partial charge in [-0.15, -0.1) is 0 Å². The van der Waals surface area contributed by atoms with Crippen LogP contribution in [0.1, 0.15) is 30.1 Å². The van der Waals surface area contributed by atoms with Gasteiger partial charge in [0, 0.05) is 24.8 Å². The van der Waals surface area contributed by atoms with Gasteiger partial charge in [0.1, 0.15) is 11.3 Å². The number of rotatable bonds is 4. The Kier molecular flexibility index (Phi) is 4.07. The number of nitrogens with zero attached hydrogens (tertiary/aromatic N) is 1. The van der Waals surface area contributed by atoms with Gasteiger partial charge in [-0.25, -0.2) is 4.79 Å². The van der Waals surface area contributed by atoms with Crippen LogP contribution in [0.3, 0.4) is 0 Å². The summed E-state index contributed by atoms with van der Waals surface area (Å²) in [6.07, 6.45) is 2.45. The van der Waals surface area contributed by atoms with Gasteiger partial charge in [-0.1, -0.05) is 0 Å². The van der Waals surface area contributed by atoms with E-state index in [1.54, 1.807) is 20.1 Å². The quantitative estimate of drug-likeness (QED) is 0.768. The van der Waals surface area contributed by atoms with Crippen molar-refractivity contribution in [3.8, 4) is 5.75 Å². The molecule has 18 heavy (non-hydrogen) atoms. The highest BCUT2D eigenvalue weighted by Crippen LogP contribution is 2.28. The Labute approximate surface area is 107 Å².